The molecule has 19 heavy (non-hydrogen) atoms. The number of Topliss-reactive ketones (excluding diaryl/α,β-unsaturated/α-hetero) is 1. The SMILES string of the molecule is O=C(C(Br)Cc1ccc(Cl)cc1C(F)(F)F)C1CC1. The Morgan fingerprint density at radius 2 is 2.05 bits per heavy atom. The molecule has 1 aromatic carbocycles. The smallest absolute Gasteiger partial charge is 0.298 e. The Kier molecular flexibility index (Phi) is 4.26. The van der Waals surface area contributed by atoms with E-state index in [1.165, 1.54) is 12.1 Å². The lowest BCUT2D eigenvalue weighted by atomic mass is 10.00. The molecule has 1 aliphatic rings. The van der Waals surface area contributed by atoms with Crippen molar-refractivity contribution in [3.63, 3.8) is 0 Å². The van der Waals surface area contributed by atoms with Gasteiger partial charge in [-0.1, -0.05) is 33.6 Å². The van der Waals surface area contributed by atoms with Crippen LogP contribution in [-0.4, -0.2) is 10.6 Å². The van der Waals surface area contributed by atoms with Gasteiger partial charge in [0.2, 0.25) is 0 Å². The Hall–Kier alpha value is -0.550. The molecule has 0 amide bonds. The van der Waals surface area contributed by atoms with E-state index in [0.717, 1.165) is 18.9 Å². The average molecular weight is 356 g/mol. The maximum Gasteiger partial charge on any atom is 0.416 e. The van der Waals surface area contributed by atoms with Gasteiger partial charge in [0, 0.05) is 10.9 Å². The fourth-order valence-electron chi connectivity index (χ4n) is 1.91. The standard InChI is InChI=1S/C13H11BrClF3O/c14-11(12(19)7-1-2-7)5-8-3-4-9(15)6-10(8)13(16,17)18/h3-4,6-7,11H,1-2,5H2. The lowest BCUT2D eigenvalue weighted by molar-refractivity contribution is -0.138. The summed E-state index contributed by atoms with van der Waals surface area (Å²) in [7, 11) is 0. The zero-order chi connectivity index (χ0) is 14.2. The Morgan fingerprint density at radius 3 is 2.58 bits per heavy atom. The number of halogens is 5. The fourth-order valence-corrected chi connectivity index (χ4v) is 2.80. The van der Waals surface area contributed by atoms with E-state index in [1.54, 1.807) is 0 Å². The van der Waals surface area contributed by atoms with Gasteiger partial charge in [0.25, 0.3) is 0 Å². The first kappa shape index (κ1) is 14.9. The van der Waals surface area contributed by atoms with Crippen LogP contribution in [0.1, 0.15) is 24.0 Å². The third-order valence-electron chi connectivity index (χ3n) is 3.06. The topological polar surface area (TPSA) is 17.1 Å². The van der Waals surface area contributed by atoms with Gasteiger partial charge in [0.1, 0.15) is 5.78 Å². The number of benzene rings is 1. The van der Waals surface area contributed by atoms with Crippen molar-refractivity contribution in [1.82, 2.24) is 0 Å². The van der Waals surface area contributed by atoms with Crippen LogP contribution >= 0.6 is 27.5 Å². The Bertz CT molecular complexity index is 497. The van der Waals surface area contributed by atoms with E-state index in [0.29, 0.717) is 0 Å². The van der Waals surface area contributed by atoms with Gasteiger partial charge in [-0.25, -0.2) is 0 Å². The van der Waals surface area contributed by atoms with E-state index >= 15 is 0 Å². The van der Waals surface area contributed by atoms with E-state index < -0.39 is 16.6 Å². The molecule has 0 heterocycles. The number of hydrogen-bond acceptors (Lipinski definition) is 1. The number of carbonyl (C=O) groups is 1. The minimum atomic E-state index is -4.46. The second-order valence-electron chi connectivity index (χ2n) is 4.65. The van der Waals surface area contributed by atoms with Crippen molar-refractivity contribution in [3.05, 3.63) is 34.3 Å². The molecule has 1 fully saturated rings. The van der Waals surface area contributed by atoms with Crippen molar-refractivity contribution >= 4 is 33.3 Å². The molecule has 0 N–H and O–H groups in total. The van der Waals surface area contributed by atoms with Crippen molar-refractivity contribution in [2.75, 3.05) is 0 Å². The van der Waals surface area contributed by atoms with E-state index in [1.807, 2.05) is 0 Å². The number of rotatable bonds is 4. The maximum atomic E-state index is 12.9. The highest BCUT2D eigenvalue weighted by atomic mass is 79.9. The Morgan fingerprint density at radius 1 is 1.42 bits per heavy atom. The number of alkyl halides is 4. The second-order valence-corrected chi connectivity index (χ2v) is 6.19. The van der Waals surface area contributed by atoms with Crippen LogP contribution in [0.2, 0.25) is 5.02 Å². The van der Waals surface area contributed by atoms with Gasteiger partial charge >= 0.3 is 6.18 Å². The normalized spacial score (nSPS) is 17.3. The third-order valence-corrected chi connectivity index (χ3v) is 4.07. The molecule has 1 aromatic rings. The summed E-state index contributed by atoms with van der Waals surface area (Å²) in [4.78, 5) is 11.2. The summed E-state index contributed by atoms with van der Waals surface area (Å²) >= 11 is 8.79. The zero-order valence-corrected chi connectivity index (χ0v) is 12.1. The molecule has 1 unspecified atom stereocenters. The van der Waals surface area contributed by atoms with Gasteiger partial charge in [0.15, 0.2) is 0 Å². The number of hydrogen-bond donors (Lipinski definition) is 0. The van der Waals surface area contributed by atoms with Gasteiger partial charge in [0.05, 0.1) is 10.4 Å². The van der Waals surface area contributed by atoms with Gasteiger partial charge in [-0.15, -0.1) is 0 Å². The van der Waals surface area contributed by atoms with Gasteiger partial charge in [-0.3, -0.25) is 4.79 Å². The summed E-state index contributed by atoms with van der Waals surface area (Å²) in [6.07, 6.45) is -2.75. The Labute approximate surface area is 122 Å². The van der Waals surface area contributed by atoms with Crippen LogP contribution in [0.15, 0.2) is 18.2 Å². The van der Waals surface area contributed by atoms with Crippen molar-refractivity contribution in [2.45, 2.75) is 30.3 Å². The maximum absolute atomic E-state index is 12.9. The average Bonchev–Trinajstić information content (AvgIpc) is 3.13. The summed E-state index contributed by atoms with van der Waals surface area (Å²) in [5.41, 5.74) is -0.680. The zero-order valence-electron chi connectivity index (χ0n) is 9.81. The molecule has 0 aliphatic heterocycles. The molecular formula is C13H11BrClF3O. The highest BCUT2D eigenvalue weighted by Gasteiger charge is 2.37. The van der Waals surface area contributed by atoms with Crippen LogP contribution in [-0.2, 0) is 17.4 Å². The van der Waals surface area contributed by atoms with Crippen LogP contribution in [0.3, 0.4) is 0 Å². The number of carbonyl (C=O) groups excluding carboxylic acids is 1. The molecule has 1 saturated carbocycles. The first-order valence-corrected chi connectivity index (χ1v) is 7.12. The van der Waals surface area contributed by atoms with Crippen molar-refractivity contribution in [1.29, 1.82) is 0 Å². The molecule has 104 valence electrons. The fraction of sp³-hybridized carbons (Fsp3) is 0.462. The first-order valence-electron chi connectivity index (χ1n) is 5.82. The van der Waals surface area contributed by atoms with Crippen molar-refractivity contribution in [2.24, 2.45) is 5.92 Å². The quantitative estimate of drug-likeness (QED) is 0.719. The third kappa shape index (κ3) is 3.72. The molecule has 0 spiro atoms. The lowest BCUT2D eigenvalue weighted by Crippen LogP contribution is -2.20. The molecule has 0 saturated heterocycles. The van der Waals surface area contributed by atoms with Crippen LogP contribution in [0, 0.1) is 5.92 Å². The van der Waals surface area contributed by atoms with Crippen molar-refractivity contribution < 1.29 is 18.0 Å². The number of ketones is 1. The molecule has 0 bridgehead atoms. The van der Waals surface area contributed by atoms with Crippen LogP contribution in [0.25, 0.3) is 0 Å². The van der Waals surface area contributed by atoms with Gasteiger partial charge < -0.3 is 0 Å². The van der Waals surface area contributed by atoms with E-state index in [2.05, 4.69) is 15.9 Å². The highest BCUT2D eigenvalue weighted by Crippen LogP contribution is 2.37. The molecule has 1 aliphatic carbocycles. The molecule has 2 rings (SSSR count). The predicted octanol–water partition coefficient (Wildman–Crippen LogP) is 4.64. The van der Waals surface area contributed by atoms with Crippen LogP contribution < -0.4 is 0 Å². The molecule has 0 aromatic heterocycles. The minimum Gasteiger partial charge on any atom is -0.298 e. The largest absolute Gasteiger partial charge is 0.416 e. The summed E-state index contributed by atoms with van der Waals surface area (Å²) < 4.78 is 38.7. The highest BCUT2D eigenvalue weighted by molar-refractivity contribution is 9.10. The molecule has 6 heteroatoms. The molecule has 1 atom stereocenters. The Balaban J connectivity index is 2.21. The summed E-state index contributed by atoms with van der Waals surface area (Å²) in [5.74, 6) is 0.00841. The monoisotopic (exact) mass is 354 g/mol. The predicted molar refractivity (Wildman–Crippen MR) is 70.6 cm³/mol. The van der Waals surface area contributed by atoms with E-state index in [4.69, 9.17) is 11.6 Å². The van der Waals surface area contributed by atoms with E-state index in [-0.39, 0.29) is 28.7 Å². The summed E-state index contributed by atoms with van der Waals surface area (Å²) in [6, 6.07) is 3.64. The molecule has 0 radical (unpaired) electrons. The van der Waals surface area contributed by atoms with E-state index in [9.17, 15) is 18.0 Å². The van der Waals surface area contributed by atoms with Crippen molar-refractivity contribution in [3.8, 4) is 0 Å². The molecular weight excluding hydrogens is 344 g/mol. The minimum absolute atomic E-state index is 0.0110. The van der Waals surface area contributed by atoms with Crippen LogP contribution in [0.4, 0.5) is 13.2 Å². The first-order chi connectivity index (χ1) is 8.79. The molecule has 1 nitrogen and oxygen atoms in total. The summed E-state index contributed by atoms with van der Waals surface area (Å²) in [6.45, 7) is 0. The summed E-state index contributed by atoms with van der Waals surface area (Å²) in [5, 5.41) is 0.0377. The van der Waals surface area contributed by atoms with Gasteiger partial charge in [-0.2, -0.15) is 13.2 Å². The van der Waals surface area contributed by atoms with Gasteiger partial charge in [-0.05, 0) is 37.0 Å². The second kappa shape index (κ2) is 5.44. The van der Waals surface area contributed by atoms with Crippen LogP contribution in [0.5, 0.6) is 0 Å². The lowest BCUT2D eigenvalue weighted by Gasteiger charge is -2.15.